The molecule has 23 heavy (non-hydrogen) atoms. The second-order valence-electron chi connectivity index (χ2n) is 6.05. The van der Waals surface area contributed by atoms with Crippen LogP contribution in [-0.4, -0.2) is 24.7 Å². The van der Waals surface area contributed by atoms with Crippen LogP contribution >= 0.6 is 0 Å². The van der Waals surface area contributed by atoms with Crippen LogP contribution in [0.3, 0.4) is 0 Å². The maximum atomic E-state index is 4.40. The van der Waals surface area contributed by atoms with Crippen LogP contribution in [0, 0.1) is 6.92 Å². The summed E-state index contributed by atoms with van der Waals surface area (Å²) in [4.78, 5) is 8.56. The molecule has 1 aromatic carbocycles. The second-order valence-corrected chi connectivity index (χ2v) is 6.05. The van der Waals surface area contributed by atoms with Gasteiger partial charge < -0.3 is 4.57 Å². The SMILES string of the molecule is Cc1ncc(-c2nnc3n2CCC(c2ccccc2)CC3)cn1. The molecule has 3 heterocycles. The molecule has 0 saturated heterocycles. The average Bonchev–Trinajstić information content (AvgIpc) is 2.88. The molecule has 0 spiro atoms. The minimum absolute atomic E-state index is 0.583. The number of hydrogen-bond donors (Lipinski definition) is 0. The first-order valence-electron chi connectivity index (χ1n) is 8.07. The molecule has 0 fully saturated rings. The van der Waals surface area contributed by atoms with Crippen LogP contribution in [0.5, 0.6) is 0 Å². The van der Waals surface area contributed by atoms with E-state index in [1.54, 1.807) is 0 Å². The fraction of sp³-hybridized carbons (Fsp3) is 0.333. The summed E-state index contributed by atoms with van der Waals surface area (Å²) < 4.78 is 2.23. The van der Waals surface area contributed by atoms with Gasteiger partial charge in [-0.25, -0.2) is 9.97 Å². The monoisotopic (exact) mass is 305 g/mol. The average molecular weight is 305 g/mol. The van der Waals surface area contributed by atoms with E-state index in [0.717, 1.165) is 48.8 Å². The Labute approximate surface area is 135 Å². The molecule has 5 nitrogen and oxygen atoms in total. The minimum Gasteiger partial charge on any atom is -0.311 e. The Morgan fingerprint density at radius 3 is 2.57 bits per heavy atom. The van der Waals surface area contributed by atoms with Crippen molar-refractivity contribution in [1.29, 1.82) is 0 Å². The molecule has 0 aliphatic carbocycles. The molecule has 1 aliphatic heterocycles. The molecular weight excluding hydrogens is 286 g/mol. The number of rotatable bonds is 2. The van der Waals surface area contributed by atoms with Crippen molar-refractivity contribution in [3.8, 4) is 11.4 Å². The first kappa shape index (κ1) is 14.1. The molecule has 0 amide bonds. The Balaban J connectivity index is 1.61. The van der Waals surface area contributed by atoms with Gasteiger partial charge in [-0.15, -0.1) is 10.2 Å². The molecule has 0 N–H and O–H groups in total. The van der Waals surface area contributed by atoms with E-state index in [1.807, 2.05) is 19.3 Å². The van der Waals surface area contributed by atoms with Crippen molar-refractivity contribution in [1.82, 2.24) is 24.7 Å². The van der Waals surface area contributed by atoms with Crippen LogP contribution in [0.1, 0.15) is 36.0 Å². The fourth-order valence-corrected chi connectivity index (χ4v) is 3.27. The molecule has 3 aromatic rings. The molecule has 2 aromatic heterocycles. The highest BCUT2D eigenvalue weighted by Gasteiger charge is 2.22. The lowest BCUT2D eigenvalue weighted by Gasteiger charge is -2.14. The van der Waals surface area contributed by atoms with Crippen molar-refractivity contribution >= 4 is 0 Å². The summed E-state index contributed by atoms with van der Waals surface area (Å²) in [5.41, 5.74) is 2.36. The Kier molecular flexibility index (Phi) is 3.61. The molecule has 0 bridgehead atoms. The van der Waals surface area contributed by atoms with Crippen molar-refractivity contribution in [2.75, 3.05) is 0 Å². The Morgan fingerprint density at radius 2 is 1.78 bits per heavy atom. The molecule has 1 aliphatic rings. The van der Waals surface area contributed by atoms with E-state index >= 15 is 0 Å². The van der Waals surface area contributed by atoms with E-state index in [0.29, 0.717) is 5.92 Å². The van der Waals surface area contributed by atoms with Gasteiger partial charge in [0, 0.05) is 25.4 Å². The van der Waals surface area contributed by atoms with Gasteiger partial charge in [-0.05, 0) is 31.2 Å². The third kappa shape index (κ3) is 2.74. The molecule has 1 atom stereocenters. The summed E-state index contributed by atoms with van der Waals surface area (Å²) in [7, 11) is 0. The van der Waals surface area contributed by atoms with Gasteiger partial charge in [-0.1, -0.05) is 30.3 Å². The number of aromatic nitrogens is 5. The van der Waals surface area contributed by atoms with E-state index in [9.17, 15) is 0 Å². The van der Waals surface area contributed by atoms with Crippen LogP contribution in [0.15, 0.2) is 42.7 Å². The summed E-state index contributed by atoms with van der Waals surface area (Å²) in [6.07, 6.45) is 6.85. The second kappa shape index (κ2) is 5.91. The lowest BCUT2D eigenvalue weighted by atomic mass is 9.92. The van der Waals surface area contributed by atoms with Crippen LogP contribution in [0.4, 0.5) is 0 Å². The quantitative estimate of drug-likeness (QED) is 0.730. The number of hydrogen-bond acceptors (Lipinski definition) is 4. The maximum absolute atomic E-state index is 4.40. The zero-order valence-corrected chi connectivity index (χ0v) is 13.2. The Morgan fingerprint density at radius 1 is 1.00 bits per heavy atom. The first-order chi connectivity index (χ1) is 11.3. The highest BCUT2D eigenvalue weighted by atomic mass is 15.3. The summed E-state index contributed by atoms with van der Waals surface area (Å²) in [5.74, 6) is 3.31. The van der Waals surface area contributed by atoms with E-state index in [2.05, 4.69) is 55.1 Å². The molecular formula is C18H19N5. The van der Waals surface area contributed by atoms with Crippen molar-refractivity contribution < 1.29 is 0 Å². The van der Waals surface area contributed by atoms with Gasteiger partial charge in [0.1, 0.15) is 11.6 Å². The third-order valence-electron chi connectivity index (χ3n) is 4.56. The van der Waals surface area contributed by atoms with Crippen molar-refractivity contribution in [2.45, 2.75) is 38.6 Å². The number of benzene rings is 1. The highest BCUT2D eigenvalue weighted by molar-refractivity contribution is 5.52. The highest BCUT2D eigenvalue weighted by Crippen LogP contribution is 2.30. The van der Waals surface area contributed by atoms with Crippen molar-refractivity contribution in [3.05, 3.63) is 59.9 Å². The predicted molar refractivity (Wildman–Crippen MR) is 87.9 cm³/mol. The van der Waals surface area contributed by atoms with Gasteiger partial charge in [0.05, 0.1) is 5.56 Å². The van der Waals surface area contributed by atoms with Gasteiger partial charge in [0.2, 0.25) is 0 Å². The lowest BCUT2D eigenvalue weighted by molar-refractivity contribution is 0.562. The number of fused-ring (bicyclic) bond motifs is 1. The zero-order valence-electron chi connectivity index (χ0n) is 13.2. The predicted octanol–water partition coefficient (Wildman–Crippen LogP) is 3.16. The Hall–Kier alpha value is -2.56. The van der Waals surface area contributed by atoms with E-state index in [1.165, 1.54) is 5.56 Å². The van der Waals surface area contributed by atoms with E-state index in [-0.39, 0.29) is 0 Å². The van der Waals surface area contributed by atoms with Crippen molar-refractivity contribution in [2.24, 2.45) is 0 Å². The molecule has 116 valence electrons. The van der Waals surface area contributed by atoms with E-state index < -0.39 is 0 Å². The Bertz CT molecular complexity index is 792. The minimum atomic E-state index is 0.583. The third-order valence-corrected chi connectivity index (χ3v) is 4.56. The standard InChI is InChI=1S/C18H19N5/c1-13-19-11-16(12-20-13)18-22-21-17-8-7-15(9-10-23(17)18)14-5-3-2-4-6-14/h2-6,11-12,15H,7-10H2,1H3. The maximum Gasteiger partial charge on any atom is 0.167 e. The molecule has 1 unspecified atom stereocenters. The van der Waals surface area contributed by atoms with Gasteiger partial charge in [0.15, 0.2) is 5.82 Å². The number of nitrogens with zero attached hydrogens (tertiary/aromatic N) is 5. The summed E-state index contributed by atoms with van der Waals surface area (Å²) in [5, 5.41) is 8.77. The van der Waals surface area contributed by atoms with Gasteiger partial charge in [-0.3, -0.25) is 0 Å². The van der Waals surface area contributed by atoms with Crippen LogP contribution < -0.4 is 0 Å². The lowest BCUT2D eigenvalue weighted by Crippen LogP contribution is -2.04. The van der Waals surface area contributed by atoms with Crippen molar-refractivity contribution in [3.63, 3.8) is 0 Å². The summed E-state index contributed by atoms with van der Waals surface area (Å²) in [6, 6.07) is 10.8. The topological polar surface area (TPSA) is 56.5 Å². The fourth-order valence-electron chi connectivity index (χ4n) is 3.27. The largest absolute Gasteiger partial charge is 0.311 e. The molecule has 0 saturated carbocycles. The van der Waals surface area contributed by atoms with Crippen LogP contribution in [0.25, 0.3) is 11.4 Å². The smallest absolute Gasteiger partial charge is 0.167 e. The van der Waals surface area contributed by atoms with Crippen LogP contribution in [-0.2, 0) is 13.0 Å². The van der Waals surface area contributed by atoms with Gasteiger partial charge in [0.25, 0.3) is 0 Å². The van der Waals surface area contributed by atoms with Gasteiger partial charge >= 0.3 is 0 Å². The number of aryl methyl sites for hydroxylation is 2. The first-order valence-corrected chi connectivity index (χ1v) is 8.07. The van der Waals surface area contributed by atoms with E-state index in [4.69, 9.17) is 0 Å². The van der Waals surface area contributed by atoms with Gasteiger partial charge in [-0.2, -0.15) is 0 Å². The normalized spacial score (nSPS) is 17.5. The molecule has 5 heteroatoms. The summed E-state index contributed by atoms with van der Waals surface area (Å²) in [6.45, 7) is 2.82. The van der Waals surface area contributed by atoms with Crippen LogP contribution in [0.2, 0.25) is 0 Å². The summed E-state index contributed by atoms with van der Waals surface area (Å²) >= 11 is 0. The molecule has 4 rings (SSSR count). The molecule has 0 radical (unpaired) electrons. The zero-order chi connectivity index (χ0) is 15.6.